The molecule has 3 aromatic heterocycles. The highest BCUT2D eigenvalue weighted by molar-refractivity contribution is 7.18. The fraction of sp³-hybridized carbons (Fsp3) is 0.429. The largest absolute Gasteiger partial charge is 0.416 e. The summed E-state index contributed by atoms with van der Waals surface area (Å²) in [6.45, 7) is 7.24. The van der Waals surface area contributed by atoms with Crippen LogP contribution in [0.5, 0.6) is 0 Å². The van der Waals surface area contributed by atoms with Crippen molar-refractivity contribution in [2.45, 2.75) is 51.4 Å². The molecular formula is C28H32F3N5O2S. The number of pyridine rings is 1. The molecule has 4 heterocycles. The summed E-state index contributed by atoms with van der Waals surface area (Å²) < 4.78 is 49.0. The zero-order chi connectivity index (χ0) is 27.9. The topological polar surface area (TPSA) is 75.4 Å². The molecule has 1 fully saturated rings. The van der Waals surface area contributed by atoms with Crippen molar-refractivity contribution < 1.29 is 23.0 Å². The number of aromatic nitrogens is 3. The number of likely N-dealkylation sites (N-methyl/N-ethyl adjacent to an activating group) is 1. The van der Waals surface area contributed by atoms with Gasteiger partial charge in [-0.2, -0.15) is 18.3 Å². The number of hydrogen-bond acceptors (Lipinski definition) is 7. The molecule has 39 heavy (non-hydrogen) atoms. The predicted molar refractivity (Wildman–Crippen MR) is 145 cm³/mol. The fourth-order valence-electron chi connectivity index (χ4n) is 5.39. The number of alkyl halides is 3. The molecule has 11 heteroatoms. The van der Waals surface area contributed by atoms with Gasteiger partial charge in [-0.05, 0) is 57.6 Å². The Morgan fingerprint density at radius 1 is 1.21 bits per heavy atom. The molecule has 5 rings (SSSR count). The quantitative estimate of drug-likeness (QED) is 0.269. The van der Waals surface area contributed by atoms with E-state index in [2.05, 4.69) is 10.3 Å². The molecule has 208 valence electrons. The van der Waals surface area contributed by atoms with E-state index >= 15 is 0 Å². The number of likely N-dealkylation sites (tertiary alicyclic amines) is 1. The lowest BCUT2D eigenvalue weighted by atomic mass is 9.90. The minimum Gasteiger partial charge on any atom is -0.373 e. The van der Waals surface area contributed by atoms with E-state index in [1.165, 1.54) is 17.4 Å². The summed E-state index contributed by atoms with van der Waals surface area (Å²) in [7, 11) is 1.88. The number of aryl methyl sites for hydroxylation is 1. The molecule has 0 aliphatic carbocycles. The number of rotatable bonds is 8. The van der Waals surface area contributed by atoms with E-state index in [9.17, 15) is 18.3 Å². The Morgan fingerprint density at radius 2 is 1.97 bits per heavy atom. The molecule has 1 saturated heterocycles. The van der Waals surface area contributed by atoms with Crippen molar-refractivity contribution >= 4 is 21.6 Å². The summed E-state index contributed by atoms with van der Waals surface area (Å²) in [6.07, 6.45) is -4.10. The summed E-state index contributed by atoms with van der Waals surface area (Å²) in [5.41, 5.74) is 2.14. The summed E-state index contributed by atoms with van der Waals surface area (Å²) in [4.78, 5) is 7.77. The predicted octanol–water partition coefficient (Wildman–Crippen LogP) is 5.72. The first-order valence-corrected chi connectivity index (χ1v) is 13.7. The van der Waals surface area contributed by atoms with Crippen molar-refractivity contribution in [3.05, 3.63) is 70.4 Å². The van der Waals surface area contributed by atoms with Crippen LogP contribution in [0, 0.1) is 6.92 Å². The first-order chi connectivity index (χ1) is 18.6. The molecule has 1 aliphatic heterocycles. The minimum atomic E-state index is -4.45. The molecule has 2 unspecified atom stereocenters. The number of benzene rings is 1. The second kappa shape index (κ2) is 11.0. The van der Waals surface area contributed by atoms with E-state index in [-0.39, 0.29) is 17.8 Å². The van der Waals surface area contributed by atoms with Gasteiger partial charge < -0.3 is 14.7 Å². The van der Waals surface area contributed by atoms with Crippen molar-refractivity contribution in [3.63, 3.8) is 0 Å². The maximum atomic E-state index is 13.8. The number of ether oxygens (including phenoxy) is 1. The van der Waals surface area contributed by atoms with Gasteiger partial charge in [-0.25, -0.2) is 4.68 Å². The number of thiophene rings is 1. The maximum Gasteiger partial charge on any atom is 0.416 e. The van der Waals surface area contributed by atoms with Gasteiger partial charge in [0.2, 0.25) is 0 Å². The number of nitrogens with one attached hydrogen (secondary N) is 1. The lowest BCUT2D eigenvalue weighted by Crippen LogP contribution is -2.38. The van der Waals surface area contributed by atoms with E-state index in [1.54, 1.807) is 18.3 Å². The average Bonchev–Trinajstić information content (AvgIpc) is 3.57. The summed E-state index contributed by atoms with van der Waals surface area (Å²) >= 11 is 1.39. The number of halogens is 3. The Bertz CT molecular complexity index is 1450. The van der Waals surface area contributed by atoms with Crippen molar-refractivity contribution in [1.29, 1.82) is 0 Å². The average molecular weight is 560 g/mol. The monoisotopic (exact) mass is 559 g/mol. The third-order valence-electron chi connectivity index (χ3n) is 7.13. The van der Waals surface area contributed by atoms with Crippen molar-refractivity contribution in [1.82, 2.24) is 25.0 Å². The lowest BCUT2D eigenvalue weighted by Gasteiger charge is -2.25. The molecule has 0 amide bonds. The number of hydrogen-bond donors (Lipinski definition) is 2. The summed E-state index contributed by atoms with van der Waals surface area (Å²) in [5.74, 6) is -0.430. The van der Waals surface area contributed by atoms with E-state index in [0.29, 0.717) is 24.6 Å². The zero-order valence-electron chi connectivity index (χ0n) is 22.2. The molecule has 7 nitrogen and oxygen atoms in total. The summed E-state index contributed by atoms with van der Waals surface area (Å²) in [5, 5.41) is 20.2. The van der Waals surface area contributed by atoms with Crippen molar-refractivity contribution in [2.75, 3.05) is 26.7 Å². The van der Waals surface area contributed by atoms with E-state index < -0.39 is 23.9 Å². The standard InChI is InChI=1S/C28H32F3N5O2S/c1-5-38-17(3)36-27-20(25(34-36)18-10-11-32-16(2)12-18)13-24(39-27)26(37)33-23-15-35(4)14-21(23)19-8-6-7-9-22(19)28(29,30)31/h6-13,17,21,23,26,33,37H,5,14-15H2,1-4H3/t17?,21-,23+,26?/m0/s1. The van der Waals surface area contributed by atoms with Gasteiger partial charge in [0.25, 0.3) is 0 Å². The highest BCUT2D eigenvalue weighted by Gasteiger charge is 2.40. The highest BCUT2D eigenvalue weighted by Crippen LogP contribution is 2.40. The van der Waals surface area contributed by atoms with Gasteiger partial charge >= 0.3 is 6.18 Å². The fourth-order valence-corrected chi connectivity index (χ4v) is 6.52. The van der Waals surface area contributed by atoms with E-state index in [1.807, 2.05) is 55.6 Å². The molecule has 0 bridgehead atoms. The zero-order valence-corrected chi connectivity index (χ0v) is 23.1. The SMILES string of the molecule is CCOC(C)n1nc(-c2ccnc(C)c2)c2cc(C(O)N[C@@H]3CN(C)C[C@H]3c3ccccc3C(F)(F)F)sc21. The molecular weight excluding hydrogens is 527 g/mol. The first kappa shape index (κ1) is 27.7. The highest BCUT2D eigenvalue weighted by atomic mass is 32.1. The smallest absolute Gasteiger partial charge is 0.373 e. The van der Waals surface area contributed by atoms with Gasteiger partial charge in [0.15, 0.2) is 0 Å². The second-order valence-corrected chi connectivity index (χ2v) is 11.1. The van der Waals surface area contributed by atoms with Crippen LogP contribution >= 0.6 is 11.3 Å². The minimum absolute atomic E-state index is 0.243. The second-order valence-electron chi connectivity index (χ2n) is 9.99. The van der Waals surface area contributed by atoms with Gasteiger partial charge in [0.1, 0.15) is 23.0 Å². The normalized spacial score (nSPS) is 20.1. The van der Waals surface area contributed by atoms with Crippen LogP contribution in [0.25, 0.3) is 21.5 Å². The van der Waals surface area contributed by atoms with Crippen LogP contribution < -0.4 is 5.32 Å². The van der Waals surface area contributed by atoms with Gasteiger partial charge in [0, 0.05) is 54.5 Å². The molecule has 1 aromatic carbocycles. The van der Waals surface area contributed by atoms with Crippen LogP contribution in [-0.4, -0.2) is 57.6 Å². The number of aliphatic hydroxyl groups excluding tert-OH is 1. The molecule has 4 aromatic rings. The van der Waals surface area contributed by atoms with Crippen LogP contribution in [0.2, 0.25) is 0 Å². The van der Waals surface area contributed by atoms with E-state index in [4.69, 9.17) is 9.84 Å². The van der Waals surface area contributed by atoms with Crippen molar-refractivity contribution in [2.24, 2.45) is 0 Å². The van der Waals surface area contributed by atoms with Crippen LogP contribution in [0.4, 0.5) is 13.2 Å². The Labute approximate surface area is 229 Å². The molecule has 0 spiro atoms. The Morgan fingerprint density at radius 3 is 2.69 bits per heavy atom. The van der Waals surface area contributed by atoms with Crippen LogP contribution in [-0.2, 0) is 10.9 Å². The Kier molecular flexibility index (Phi) is 7.80. The van der Waals surface area contributed by atoms with Crippen LogP contribution in [0.3, 0.4) is 0 Å². The molecule has 0 saturated carbocycles. The Hall–Kier alpha value is -2.83. The van der Waals surface area contributed by atoms with Gasteiger partial charge in [0.05, 0.1) is 10.4 Å². The third-order valence-corrected chi connectivity index (χ3v) is 8.31. The molecule has 1 aliphatic rings. The van der Waals surface area contributed by atoms with Crippen LogP contribution in [0.15, 0.2) is 48.7 Å². The van der Waals surface area contributed by atoms with Gasteiger partial charge in [-0.3, -0.25) is 10.3 Å². The van der Waals surface area contributed by atoms with Crippen LogP contribution in [0.1, 0.15) is 53.9 Å². The number of aliphatic hydroxyl groups is 1. The van der Waals surface area contributed by atoms with E-state index in [0.717, 1.165) is 33.2 Å². The molecule has 0 radical (unpaired) electrons. The molecule has 2 N–H and O–H groups in total. The first-order valence-electron chi connectivity index (χ1n) is 12.9. The Balaban J connectivity index is 1.48. The maximum absolute atomic E-state index is 13.8. The number of nitrogens with zero attached hydrogens (tertiary/aromatic N) is 4. The molecule has 4 atom stereocenters. The van der Waals surface area contributed by atoms with Gasteiger partial charge in [-0.15, -0.1) is 11.3 Å². The lowest BCUT2D eigenvalue weighted by molar-refractivity contribution is -0.138. The number of fused-ring (bicyclic) bond motifs is 1. The summed E-state index contributed by atoms with van der Waals surface area (Å²) in [6, 6.07) is 11.1. The van der Waals surface area contributed by atoms with Gasteiger partial charge in [-0.1, -0.05) is 18.2 Å². The van der Waals surface area contributed by atoms with Crippen molar-refractivity contribution in [3.8, 4) is 11.3 Å². The third kappa shape index (κ3) is 5.59.